The van der Waals surface area contributed by atoms with Gasteiger partial charge in [-0.1, -0.05) is 11.8 Å². The summed E-state index contributed by atoms with van der Waals surface area (Å²) in [6.45, 7) is 0.498. The van der Waals surface area contributed by atoms with Gasteiger partial charge < -0.3 is 15.2 Å². The van der Waals surface area contributed by atoms with Crippen LogP contribution in [0.25, 0.3) is 0 Å². The van der Waals surface area contributed by atoms with Crippen LogP contribution in [0.15, 0.2) is 29.5 Å². The highest BCUT2D eigenvalue weighted by Gasteiger charge is 2.66. The molecule has 0 radical (unpaired) electrons. The predicted octanol–water partition coefficient (Wildman–Crippen LogP) is 3.80. The molecule has 0 unspecified atom stereocenters. The van der Waals surface area contributed by atoms with Crippen molar-refractivity contribution in [2.24, 2.45) is 16.6 Å². The topological polar surface area (TPSA) is 99.7 Å². The Hall–Kier alpha value is -2.80. The lowest BCUT2D eigenvalue weighted by atomic mass is 9.84. The molecule has 188 valence electrons. The van der Waals surface area contributed by atoms with Gasteiger partial charge in [-0.3, -0.25) is 9.79 Å². The number of amidine groups is 1. The highest BCUT2D eigenvalue weighted by Crippen LogP contribution is 2.66. The summed E-state index contributed by atoms with van der Waals surface area (Å²) in [5.74, 6) is -3.36. The zero-order valence-electron chi connectivity index (χ0n) is 18.7. The van der Waals surface area contributed by atoms with E-state index in [9.17, 15) is 26.7 Å². The van der Waals surface area contributed by atoms with E-state index in [1.54, 1.807) is 14.0 Å². The quantitative estimate of drug-likeness (QED) is 0.421. The van der Waals surface area contributed by atoms with E-state index in [1.807, 2.05) is 0 Å². The lowest BCUT2D eigenvalue weighted by molar-refractivity contribution is -0.154. The fraction of sp³-hybridized carbons (Fsp3) is 0.455. The number of carbonyl (C=O) groups is 1. The molecule has 1 fully saturated rings. The highest BCUT2D eigenvalue weighted by atomic mass is 32.2. The maximum absolute atomic E-state index is 15.0. The van der Waals surface area contributed by atoms with Gasteiger partial charge in [0.05, 0.1) is 29.3 Å². The standard InChI is InChI=1S/C22H21F5N4O3S/c1-20(16-6-21(16,9-33-2)35-19(28)31-20)12-3-11(4-13(23)18(12)24)5-15(32)14-7-30-17(8-29-14)34-10-22(25,26)27/h3-4,7-8,16H,5-6,9-10H2,1-2H3,(H2,28,31)/t16-,20+,21+/m0/s1. The summed E-state index contributed by atoms with van der Waals surface area (Å²) in [4.78, 5) is 24.5. The Bertz CT molecular complexity index is 1180. The van der Waals surface area contributed by atoms with Crippen molar-refractivity contribution >= 4 is 22.7 Å². The maximum Gasteiger partial charge on any atom is 0.422 e. The summed E-state index contributed by atoms with van der Waals surface area (Å²) in [7, 11) is 1.55. The van der Waals surface area contributed by atoms with Crippen LogP contribution in [0.5, 0.6) is 5.88 Å². The lowest BCUT2D eigenvalue weighted by Crippen LogP contribution is -2.38. The Labute approximate surface area is 201 Å². The molecule has 0 amide bonds. The summed E-state index contributed by atoms with van der Waals surface area (Å²) in [6.07, 6.45) is -2.40. The largest absolute Gasteiger partial charge is 0.467 e. The molecule has 2 heterocycles. The Morgan fingerprint density at radius 1 is 1.26 bits per heavy atom. The minimum atomic E-state index is -4.55. The smallest absolute Gasteiger partial charge is 0.422 e. The number of benzene rings is 1. The van der Waals surface area contributed by atoms with Crippen molar-refractivity contribution in [3.8, 4) is 5.88 Å². The van der Waals surface area contributed by atoms with Crippen molar-refractivity contribution in [2.45, 2.75) is 36.2 Å². The number of Topliss-reactive ketones (excluding diaryl/α,β-unsaturated/α-hetero) is 1. The number of hydrogen-bond acceptors (Lipinski definition) is 8. The van der Waals surface area contributed by atoms with Gasteiger partial charge in [0.2, 0.25) is 5.88 Å². The number of thioether (sulfide) groups is 1. The summed E-state index contributed by atoms with van der Waals surface area (Å²) in [5, 5.41) is 0.239. The van der Waals surface area contributed by atoms with Gasteiger partial charge in [-0.2, -0.15) is 13.2 Å². The van der Waals surface area contributed by atoms with Crippen molar-refractivity contribution in [1.82, 2.24) is 9.97 Å². The predicted molar refractivity (Wildman–Crippen MR) is 117 cm³/mol. The Morgan fingerprint density at radius 2 is 2.00 bits per heavy atom. The molecule has 1 saturated carbocycles. The first-order valence-electron chi connectivity index (χ1n) is 10.4. The number of nitrogens with zero attached hydrogens (tertiary/aromatic N) is 3. The molecule has 4 rings (SSSR count). The average Bonchev–Trinajstić information content (AvgIpc) is 3.49. The van der Waals surface area contributed by atoms with Gasteiger partial charge in [0.15, 0.2) is 29.2 Å². The second-order valence-corrected chi connectivity index (χ2v) is 10.1. The fourth-order valence-electron chi connectivity index (χ4n) is 4.41. The van der Waals surface area contributed by atoms with E-state index in [-0.39, 0.29) is 39.1 Å². The van der Waals surface area contributed by atoms with Crippen LogP contribution in [0.1, 0.15) is 35.0 Å². The Kier molecular flexibility index (Phi) is 6.51. The number of aromatic nitrogens is 2. The molecule has 1 aromatic heterocycles. The van der Waals surface area contributed by atoms with Crippen molar-refractivity contribution in [2.75, 3.05) is 20.3 Å². The summed E-state index contributed by atoms with van der Waals surface area (Å²) in [5.41, 5.74) is 4.85. The third-order valence-corrected chi connectivity index (χ3v) is 7.31. The van der Waals surface area contributed by atoms with E-state index in [1.165, 1.54) is 17.8 Å². The van der Waals surface area contributed by atoms with Gasteiger partial charge >= 0.3 is 6.18 Å². The number of alkyl halides is 3. The van der Waals surface area contributed by atoms with Gasteiger partial charge in [0.25, 0.3) is 0 Å². The first-order chi connectivity index (χ1) is 16.4. The van der Waals surface area contributed by atoms with Gasteiger partial charge in [0.1, 0.15) is 5.69 Å². The minimum absolute atomic E-state index is 0.0199. The third-order valence-electron chi connectivity index (χ3n) is 6.04. The van der Waals surface area contributed by atoms with E-state index in [0.717, 1.165) is 18.5 Å². The van der Waals surface area contributed by atoms with Crippen LogP contribution in [0, 0.1) is 17.6 Å². The number of fused-ring (bicyclic) bond motifs is 1. The van der Waals surface area contributed by atoms with Gasteiger partial charge in [-0.15, -0.1) is 0 Å². The molecule has 7 nitrogen and oxygen atoms in total. The molecular formula is C22H21F5N4O3S. The first-order valence-corrected chi connectivity index (χ1v) is 11.2. The summed E-state index contributed by atoms with van der Waals surface area (Å²) in [6, 6.07) is 2.29. The number of nitrogens with two attached hydrogens (primary N) is 1. The molecule has 0 spiro atoms. The molecule has 0 saturated heterocycles. The first kappa shape index (κ1) is 25.3. The zero-order valence-corrected chi connectivity index (χ0v) is 19.5. The van der Waals surface area contributed by atoms with E-state index in [4.69, 9.17) is 10.5 Å². The van der Waals surface area contributed by atoms with Crippen LogP contribution in [0.3, 0.4) is 0 Å². The molecule has 2 N–H and O–H groups in total. The number of halogens is 5. The van der Waals surface area contributed by atoms with Crippen molar-refractivity contribution in [1.29, 1.82) is 0 Å². The number of rotatable bonds is 8. The van der Waals surface area contributed by atoms with Crippen LogP contribution in [-0.2, 0) is 16.7 Å². The Balaban J connectivity index is 1.56. The molecule has 1 aliphatic heterocycles. The van der Waals surface area contributed by atoms with Gasteiger partial charge in [-0.25, -0.2) is 18.7 Å². The van der Waals surface area contributed by atoms with Crippen LogP contribution in [0.4, 0.5) is 22.0 Å². The number of aliphatic imine (C=N–C) groups is 1. The van der Waals surface area contributed by atoms with E-state index in [0.29, 0.717) is 13.0 Å². The van der Waals surface area contributed by atoms with Crippen molar-refractivity contribution in [3.63, 3.8) is 0 Å². The van der Waals surface area contributed by atoms with E-state index < -0.39 is 41.6 Å². The van der Waals surface area contributed by atoms with Crippen LogP contribution < -0.4 is 10.5 Å². The molecule has 2 aliphatic rings. The SMILES string of the molecule is COC[C@]12C[C@H]1[C@@](C)(c1cc(CC(=O)c3cnc(OCC(F)(F)F)cn3)cc(F)c1F)N=C(N)S2. The second-order valence-electron chi connectivity index (χ2n) is 8.64. The van der Waals surface area contributed by atoms with E-state index >= 15 is 0 Å². The normalized spacial score (nSPS) is 25.6. The molecule has 35 heavy (non-hydrogen) atoms. The molecule has 1 aliphatic carbocycles. The number of hydrogen-bond donors (Lipinski definition) is 1. The van der Waals surface area contributed by atoms with Crippen LogP contribution in [0.2, 0.25) is 0 Å². The molecule has 0 bridgehead atoms. The molecule has 3 atom stereocenters. The number of ketones is 1. The lowest BCUT2D eigenvalue weighted by Gasteiger charge is -2.34. The molecule has 2 aromatic rings. The minimum Gasteiger partial charge on any atom is -0.467 e. The van der Waals surface area contributed by atoms with Gasteiger partial charge in [-0.05, 0) is 31.0 Å². The van der Waals surface area contributed by atoms with Crippen molar-refractivity contribution < 1.29 is 36.2 Å². The number of carbonyl (C=O) groups excluding carboxylic acids is 1. The second kappa shape index (κ2) is 9.01. The molecular weight excluding hydrogens is 495 g/mol. The third kappa shape index (κ3) is 5.10. The maximum atomic E-state index is 15.0. The van der Waals surface area contributed by atoms with Crippen LogP contribution >= 0.6 is 11.8 Å². The summed E-state index contributed by atoms with van der Waals surface area (Å²) < 4.78 is 75.7. The highest BCUT2D eigenvalue weighted by molar-refractivity contribution is 8.15. The summed E-state index contributed by atoms with van der Waals surface area (Å²) >= 11 is 1.36. The average molecular weight is 516 g/mol. The van der Waals surface area contributed by atoms with Gasteiger partial charge in [0, 0.05) is 25.0 Å². The monoisotopic (exact) mass is 516 g/mol. The Morgan fingerprint density at radius 3 is 2.63 bits per heavy atom. The number of ether oxygens (including phenoxy) is 2. The molecule has 13 heteroatoms. The van der Waals surface area contributed by atoms with Crippen LogP contribution in [-0.4, -0.2) is 52.2 Å². The fourth-order valence-corrected chi connectivity index (χ4v) is 5.86. The molecule has 1 aromatic carbocycles. The number of methoxy groups -OCH3 is 1. The van der Waals surface area contributed by atoms with E-state index in [2.05, 4.69) is 19.7 Å². The van der Waals surface area contributed by atoms with Crippen molar-refractivity contribution in [3.05, 3.63) is 53.0 Å². The zero-order chi connectivity index (χ0) is 25.6.